The van der Waals surface area contributed by atoms with Crippen LogP contribution >= 0.6 is 0 Å². The normalized spacial score (nSPS) is 39.5. The maximum absolute atomic E-state index is 3.69. The molecule has 2 aliphatic rings. The zero-order chi connectivity index (χ0) is 13.0. The molecular formula is C16H32N2. The van der Waals surface area contributed by atoms with Crippen molar-refractivity contribution in [2.24, 2.45) is 11.8 Å². The van der Waals surface area contributed by atoms with E-state index < -0.39 is 0 Å². The molecule has 2 nitrogen and oxygen atoms in total. The molecule has 1 heterocycles. The van der Waals surface area contributed by atoms with Gasteiger partial charge in [-0.1, -0.05) is 27.2 Å². The van der Waals surface area contributed by atoms with Gasteiger partial charge in [0.1, 0.15) is 0 Å². The van der Waals surface area contributed by atoms with Gasteiger partial charge in [0, 0.05) is 12.1 Å². The van der Waals surface area contributed by atoms with Crippen LogP contribution in [-0.4, -0.2) is 36.6 Å². The third-order valence-electron chi connectivity index (χ3n) is 5.49. The molecule has 18 heavy (non-hydrogen) atoms. The lowest BCUT2D eigenvalue weighted by atomic mass is 9.92. The first-order chi connectivity index (χ1) is 8.76. The summed E-state index contributed by atoms with van der Waals surface area (Å²) in [5.74, 6) is 1.91. The smallest absolute Gasteiger partial charge is 0.0124 e. The quantitative estimate of drug-likeness (QED) is 0.829. The lowest BCUT2D eigenvalue weighted by Gasteiger charge is -2.36. The molecule has 1 saturated carbocycles. The van der Waals surface area contributed by atoms with Crippen molar-refractivity contribution in [2.75, 3.05) is 19.6 Å². The van der Waals surface area contributed by atoms with Gasteiger partial charge in [0.2, 0.25) is 0 Å². The number of rotatable bonds is 3. The molecule has 2 heteroatoms. The van der Waals surface area contributed by atoms with Crippen LogP contribution in [0.25, 0.3) is 0 Å². The Morgan fingerprint density at radius 1 is 1.06 bits per heavy atom. The van der Waals surface area contributed by atoms with Crippen molar-refractivity contribution in [2.45, 2.75) is 71.4 Å². The average Bonchev–Trinajstić information content (AvgIpc) is 2.71. The third kappa shape index (κ3) is 3.27. The van der Waals surface area contributed by atoms with Crippen LogP contribution in [0.4, 0.5) is 0 Å². The first-order valence-corrected chi connectivity index (χ1v) is 8.23. The molecule has 1 aliphatic carbocycles. The molecule has 4 unspecified atom stereocenters. The maximum atomic E-state index is 3.69. The van der Waals surface area contributed by atoms with Gasteiger partial charge in [-0.15, -0.1) is 0 Å². The molecule has 0 amide bonds. The molecule has 2 fully saturated rings. The Morgan fingerprint density at radius 3 is 2.56 bits per heavy atom. The Labute approximate surface area is 114 Å². The molecule has 0 aromatic rings. The Morgan fingerprint density at radius 2 is 1.89 bits per heavy atom. The number of hydrogen-bond acceptors (Lipinski definition) is 2. The Kier molecular flexibility index (Phi) is 5.50. The lowest BCUT2D eigenvalue weighted by molar-refractivity contribution is 0.135. The Hall–Kier alpha value is -0.0800. The minimum Gasteiger partial charge on any atom is -0.314 e. The molecule has 106 valence electrons. The van der Waals surface area contributed by atoms with Crippen molar-refractivity contribution in [3.8, 4) is 0 Å². The van der Waals surface area contributed by atoms with Gasteiger partial charge in [0.25, 0.3) is 0 Å². The molecule has 1 saturated heterocycles. The highest BCUT2D eigenvalue weighted by molar-refractivity contribution is 4.89. The predicted octanol–water partition coefficient (Wildman–Crippen LogP) is 3.28. The molecule has 0 radical (unpaired) electrons. The second-order valence-electron chi connectivity index (χ2n) is 6.41. The summed E-state index contributed by atoms with van der Waals surface area (Å²) in [4.78, 5) is 2.82. The Bertz CT molecular complexity index is 241. The molecule has 2 rings (SSSR count). The predicted molar refractivity (Wildman–Crippen MR) is 78.9 cm³/mol. The highest BCUT2D eigenvalue weighted by atomic mass is 15.2. The monoisotopic (exact) mass is 252 g/mol. The summed E-state index contributed by atoms with van der Waals surface area (Å²) in [7, 11) is 0. The number of nitrogens with one attached hydrogen (secondary N) is 1. The second-order valence-corrected chi connectivity index (χ2v) is 6.41. The maximum Gasteiger partial charge on any atom is 0.0124 e. The van der Waals surface area contributed by atoms with Gasteiger partial charge < -0.3 is 10.2 Å². The van der Waals surface area contributed by atoms with Gasteiger partial charge in [0.05, 0.1) is 0 Å². The van der Waals surface area contributed by atoms with Crippen LogP contribution in [-0.2, 0) is 0 Å². The van der Waals surface area contributed by atoms with Crippen molar-refractivity contribution in [3.05, 3.63) is 0 Å². The summed E-state index contributed by atoms with van der Waals surface area (Å²) < 4.78 is 0. The van der Waals surface area contributed by atoms with E-state index in [9.17, 15) is 0 Å². The minimum atomic E-state index is 0.756. The van der Waals surface area contributed by atoms with Gasteiger partial charge in [-0.2, -0.15) is 0 Å². The van der Waals surface area contributed by atoms with E-state index in [2.05, 4.69) is 31.0 Å². The van der Waals surface area contributed by atoms with Crippen molar-refractivity contribution in [1.82, 2.24) is 10.2 Å². The molecule has 4 atom stereocenters. The summed E-state index contributed by atoms with van der Waals surface area (Å²) in [6.07, 6.45) is 8.25. The molecule has 0 aromatic carbocycles. The van der Waals surface area contributed by atoms with Crippen LogP contribution in [0.3, 0.4) is 0 Å². The van der Waals surface area contributed by atoms with Crippen LogP contribution in [0.1, 0.15) is 59.3 Å². The highest BCUT2D eigenvalue weighted by Crippen LogP contribution is 2.37. The fraction of sp³-hybridized carbons (Fsp3) is 1.00. The summed E-state index contributed by atoms with van der Waals surface area (Å²) in [5.41, 5.74) is 0. The first kappa shape index (κ1) is 14.3. The van der Waals surface area contributed by atoms with E-state index in [-0.39, 0.29) is 0 Å². The van der Waals surface area contributed by atoms with Gasteiger partial charge in [-0.3, -0.25) is 0 Å². The molecule has 0 aromatic heterocycles. The summed E-state index contributed by atoms with van der Waals surface area (Å²) >= 11 is 0. The van der Waals surface area contributed by atoms with Crippen molar-refractivity contribution < 1.29 is 0 Å². The SMILES string of the molecule is CCC1CCN(C2CCC(CC)C2C)CCCN1. The van der Waals surface area contributed by atoms with E-state index in [1.54, 1.807) is 0 Å². The topological polar surface area (TPSA) is 15.3 Å². The first-order valence-electron chi connectivity index (χ1n) is 8.23. The molecule has 0 bridgehead atoms. The standard InChI is InChI=1S/C16H32N2/c1-4-14-7-8-16(13(14)3)18-11-6-10-17-15(5-2)9-12-18/h13-17H,4-12H2,1-3H3. The molecule has 1 N–H and O–H groups in total. The van der Waals surface area contributed by atoms with Crippen LogP contribution in [0, 0.1) is 11.8 Å². The van der Waals surface area contributed by atoms with Crippen LogP contribution in [0.2, 0.25) is 0 Å². The van der Waals surface area contributed by atoms with Crippen molar-refractivity contribution >= 4 is 0 Å². The minimum absolute atomic E-state index is 0.756. The van der Waals surface area contributed by atoms with E-state index in [1.165, 1.54) is 58.2 Å². The third-order valence-corrected chi connectivity index (χ3v) is 5.49. The zero-order valence-corrected chi connectivity index (χ0v) is 12.6. The molecule has 0 spiro atoms. The van der Waals surface area contributed by atoms with Crippen LogP contribution in [0.5, 0.6) is 0 Å². The number of hydrogen-bond donors (Lipinski definition) is 1. The van der Waals surface area contributed by atoms with Gasteiger partial charge in [-0.05, 0) is 63.6 Å². The fourth-order valence-electron chi connectivity index (χ4n) is 4.12. The van der Waals surface area contributed by atoms with Crippen molar-refractivity contribution in [3.63, 3.8) is 0 Å². The zero-order valence-electron chi connectivity index (χ0n) is 12.6. The second kappa shape index (κ2) is 6.91. The number of nitrogens with zero attached hydrogens (tertiary/aromatic N) is 1. The van der Waals surface area contributed by atoms with E-state index >= 15 is 0 Å². The van der Waals surface area contributed by atoms with E-state index in [0.717, 1.165) is 23.9 Å². The van der Waals surface area contributed by atoms with Crippen LogP contribution in [0.15, 0.2) is 0 Å². The van der Waals surface area contributed by atoms with Gasteiger partial charge in [0.15, 0.2) is 0 Å². The molecule has 1 aliphatic heterocycles. The van der Waals surface area contributed by atoms with E-state index in [1.807, 2.05) is 0 Å². The molecular weight excluding hydrogens is 220 g/mol. The lowest BCUT2D eigenvalue weighted by Crippen LogP contribution is -2.45. The largest absolute Gasteiger partial charge is 0.314 e. The summed E-state index contributed by atoms with van der Waals surface area (Å²) in [6, 6.07) is 1.64. The van der Waals surface area contributed by atoms with E-state index in [0.29, 0.717) is 0 Å². The summed E-state index contributed by atoms with van der Waals surface area (Å²) in [5, 5.41) is 3.69. The summed E-state index contributed by atoms with van der Waals surface area (Å²) in [6.45, 7) is 11.0. The van der Waals surface area contributed by atoms with E-state index in [4.69, 9.17) is 0 Å². The van der Waals surface area contributed by atoms with Gasteiger partial charge in [-0.25, -0.2) is 0 Å². The Balaban J connectivity index is 1.91. The van der Waals surface area contributed by atoms with Crippen LogP contribution < -0.4 is 5.32 Å². The average molecular weight is 252 g/mol. The van der Waals surface area contributed by atoms with Crippen molar-refractivity contribution in [1.29, 1.82) is 0 Å². The fourth-order valence-corrected chi connectivity index (χ4v) is 4.12. The highest BCUT2D eigenvalue weighted by Gasteiger charge is 2.35. The van der Waals surface area contributed by atoms with Gasteiger partial charge >= 0.3 is 0 Å².